The van der Waals surface area contributed by atoms with E-state index in [0.29, 0.717) is 12.3 Å². The molecule has 140 valence electrons. The van der Waals surface area contributed by atoms with Gasteiger partial charge < -0.3 is 15.2 Å². The first-order valence-corrected chi connectivity index (χ1v) is 9.15. The van der Waals surface area contributed by atoms with Gasteiger partial charge in [0.25, 0.3) is 0 Å². The molecule has 2 N–H and O–H groups in total. The van der Waals surface area contributed by atoms with Crippen molar-refractivity contribution in [2.24, 2.45) is 5.41 Å². The number of amides is 1. The van der Waals surface area contributed by atoms with Crippen LogP contribution in [0.5, 0.6) is 5.75 Å². The van der Waals surface area contributed by atoms with Gasteiger partial charge in [-0.2, -0.15) is 0 Å². The number of phenolic OH excluding ortho intramolecular Hbond substituents is 1. The van der Waals surface area contributed by atoms with Crippen LogP contribution in [0.15, 0.2) is 12.1 Å². The summed E-state index contributed by atoms with van der Waals surface area (Å²) >= 11 is 0. The topological polar surface area (TPSA) is 58.6 Å². The van der Waals surface area contributed by atoms with Crippen molar-refractivity contribution in [3.63, 3.8) is 0 Å². The zero-order valence-electron chi connectivity index (χ0n) is 16.7. The van der Waals surface area contributed by atoms with Gasteiger partial charge in [0.1, 0.15) is 11.4 Å². The van der Waals surface area contributed by atoms with Crippen LogP contribution in [0.1, 0.15) is 71.1 Å². The number of ether oxygens (including phenoxy) is 1. The van der Waals surface area contributed by atoms with Crippen molar-refractivity contribution in [3.8, 4) is 5.75 Å². The molecule has 1 aliphatic carbocycles. The van der Waals surface area contributed by atoms with Gasteiger partial charge in [-0.05, 0) is 80.5 Å². The van der Waals surface area contributed by atoms with Gasteiger partial charge in [-0.25, -0.2) is 4.79 Å². The highest BCUT2D eigenvalue weighted by atomic mass is 16.6. The second-order valence-corrected chi connectivity index (χ2v) is 9.19. The SMILES string of the molecule is Cc1cc2c(cc1O)[C@@](C)(CCNC(=O)OC(C)(C)C)C(C)(C)CC2. The van der Waals surface area contributed by atoms with Gasteiger partial charge in [-0.1, -0.05) is 26.8 Å². The third-order valence-corrected chi connectivity index (χ3v) is 5.82. The van der Waals surface area contributed by atoms with Crippen molar-refractivity contribution >= 4 is 6.09 Å². The molecule has 1 atom stereocenters. The maximum atomic E-state index is 11.9. The van der Waals surface area contributed by atoms with Crippen molar-refractivity contribution in [2.75, 3.05) is 6.54 Å². The molecule has 1 aromatic carbocycles. The Bertz CT molecular complexity index is 658. The smallest absolute Gasteiger partial charge is 0.407 e. The lowest BCUT2D eigenvalue weighted by Gasteiger charge is -2.49. The third-order valence-electron chi connectivity index (χ3n) is 5.82. The molecule has 0 radical (unpaired) electrons. The Morgan fingerprint density at radius 3 is 2.52 bits per heavy atom. The number of phenols is 1. The maximum Gasteiger partial charge on any atom is 0.407 e. The van der Waals surface area contributed by atoms with Gasteiger partial charge in [-0.15, -0.1) is 0 Å². The molecule has 2 rings (SSSR count). The van der Waals surface area contributed by atoms with Crippen LogP contribution < -0.4 is 5.32 Å². The molecule has 0 aromatic heterocycles. The van der Waals surface area contributed by atoms with Crippen molar-refractivity contribution in [2.45, 2.75) is 78.7 Å². The average molecular weight is 347 g/mol. The number of aryl methyl sites for hydroxylation is 2. The molecule has 1 aromatic rings. The first kappa shape index (κ1) is 19.6. The van der Waals surface area contributed by atoms with E-state index < -0.39 is 5.60 Å². The minimum Gasteiger partial charge on any atom is -0.508 e. The molecule has 0 spiro atoms. The van der Waals surface area contributed by atoms with Crippen LogP contribution in [-0.2, 0) is 16.6 Å². The summed E-state index contributed by atoms with van der Waals surface area (Å²) in [7, 11) is 0. The van der Waals surface area contributed by atoms with Gasteiger partial charge in [-0.3, -0.25) is 0 Å². The zero-order valence-corrected chi connectivity index (χ0v) is 16.7. The quantitative estimate of drug-likeness (QED) is 0.822. The zero-order chi connectivity index (χ0) is 19.0. The van der Waals surface area contributed by atoms with E-state index in [9.17, 15) is 9.90 Å². The van der Waals surface area contributed by atoms with E-state index in [4.69, 9.17) is 4.74 Å². The Morgan fingerprint density at radius 2 is 1.92 bits per heavy atom. The number of carbonyl (C=O) groups is 1. The molecule has 1 amide bonds. The highest BCUT2D eigenvalue weighted by Crippen LogP contribution is 2.52. The third kappa shape index (κ3) is 4.10. The Hall–Kier alpha value is -1.71. The number of alkyl carbamates (subject to hydrolysis) is 1. The number of benzene rings is 1. The average Bonchev–Trinajstić information content (AvgIpc) is 2.44. The van der Waals surface area contributed by atoms with E-state index in [1.807, 2.05) is 33.8 Å². The largest absolute Gasteiger partial charge is 0.508 e. The fourth-order valence-corrected chi connectivity index (χ4v) is 3.77. The van der Waals surface area contributed by atoms with E-state index >= 15 is 0 Å². The number of nitrogens with one attached hydrogen (secondary N) is 1. The highest BCUT2D eigenvalue weighted by Gasteiger charge is 2.46. The Morgan fingerprint density at radius 1 is 1.28 bits per heavy atom. The fourth-order valence-electron chi connectivity index (χ4n) is 3.77. The molecule has 0 bridgehead atoms. The summed E-state index contributed by atoms with van der Waals surface area (Å²) in [6.07, 6.45) is 2.54. The van der Waals surface area contributed by atoms with E-state index in [0.717, 1.165) is 24.8 Å². The molecular formula is C21H33NO3. The van der Waals surface area contributed by atoms with Gasteiger partial charge in [0.2, 0.25) is 0 Å². The van der Waals surface area contributed by atoms with Gasteiger partial charge in [0.15, 0.2) is 0 Å². The van der Waals surface area contributed by atoms with Crippen LogP contribution in [0.4, 0.5) is 4.79 Å². The van der Waals surface area contributed by atoms with Crippen LogP contribution in [-0.4, -0.2) is 23.3 Å². The summed E-state index contributed by atoms with van der Waals surface area (Å²) < 4.78 is 5.33. The molecular weight excluding hydrogens is 314 g/mol. The molecule has 0 saturated carbocycles. The highest BCUT2D eigenvalue weighted by molar-refractivity contribution is 5.67. The summed E-state index contributed by atoms with van der Waals surface area (Å²) in [6.45, 7) is 14.9. The summed E-state index contributed by atoms with van der Waals surface area (Å²) in [5, 5.41) is 13.1. The van der Waals surface area contributed by atoms with Crippen molar-refractivity contribution < 1.29 is 14.6 Å². The van der Waals surface area contributed by atoms with Gasteiger partial charge in [0.05, 0.1) is 0 Å². The number of aromatic hydroxyl groups is 1. The predicted molar refractivity (Wildman–Crippen MR) is 101 cm³/mol. The molecule has 0 fully saturated rings. The predicted octanol–water partition coefficient (Wildman–Crippen LogP) is 4.85. The summed E-state index contributed by atoms with van der Waals surface area (Å²) in [4.78, 5) is 11.9. The molecule has 0 heterocycles. The number of fused-ring (bicyclic) bond motifs is 1. The van der Waals surface area contributed by atoms with Crippen LogP contribution in [0, 0.1) is 12.3 Å². The summed E-state index contributed by atoms with van der Waals surface area (Å²) in [6, 6.07) is 4.04. The Balaban J connectivity index is 2.20. The van der Waals surface area contributed by atoms with Crippen molar-refractivity contribution in [3.05, 3.63) is 28.8 Å². The second-order valence-electron chi connectivity index (χ2n) is 9.19. The molecule has 0 aliphatic heterocycles. The minimum atomic E-state index is -0.492. The summed E-state index contributed by atoms with van der Waals surface area (Å²) in [5.74, 6) is 0.350. The number of hydrogen-bond donors (Lipinski definition) is 2. The van der Waals surface area contributed by atoms with Crippen LogP contribution >= 0.6 is 0 Å². The number of hydrogen-bond acceptors (Lipinski definition) is 3. The maximum absolute atomic E-state index is 11.9. The van der Waals surface area contributed by atoms with Crippen molar-refractivity contribution in [1.82, 2.24) is 5.32 Å². The minimum absolute atomic E-state index is 0.0807. The number of rotatable bonds is 3. The lowest BCUT2D eigenvalue weighted by Crippen LogP contribution is -2.46. The Kier molecular flexibility index (Phi) is 5.13. The van der Waals surface area contributed by atoms with Crippen molar-refractivity contribution in [1.29, 1.82) is 0 Å². The van der Waals surface area contributed by atoms with Crippen LogP contribution in [0.25, 0.3) is 0 Å². The molecule has 0 unspecified atom stereocenters. The normalized spacial score (nSPS) is 22.2. The molecule has 1 aliphatic rings. The lowest BCUT2D eigenvalue weighted by molar-refractivity contribution is 0.0512. The second kappa shape index (κ2) is 6.54. The van der Waals surface area contributed by atoms with E-state index in [1.54, 1.807) is 0 Å². The van der Waals surface area contributed by atoms with Crippen LogP contribution in [0.2, 0.25) is 0 Å². The van der Waals surface area contributed by atoms with E-state index in [2.05, 4.69) is 32.2 Å². The van der Waals surface area contributed by atoms with Crippen LogP contribution in [0.3, 0.4) is 0 Å². The molecule has 4 nitrogen and oxygen atoms in total. The monoisotopic (exact) mass is 347 g/mol. The molecule has 4 heteroatoms. The van der Waals surface area contributed by atoms with Gasteiger partial charge in [0, 0.05) is 6.54 Å². The first-order chi connectivity index (χ1) is 11.4. The van der Waals surface area contributed by atoms with E-state index in [1.165, 1.54) is 11.1 Å². The number of carbonyl (C=O) groups excluding carboxylic acids is 1. The standard InChI is InChI=1S/C21H33NO3/c1-14-12-15-8-9-20(5,6)21(7,16(15)13-17(14)23)10-11-22-18(24)25-19(2,3)4/h12-13,23H,8-11H2,1-7H3,(H,22,24)/t21-/m1/s1. The molecule has 25 heavy (non-hydrogen) atoms. The fraction of sp³-hybridized carbons (Fsp3) is 0.667. The molecule has 0 saturated heterocycles. The summed E-state index contributed by atoms with van der Waals surface area (Å²) in [5.41, 5.74) is 2.91. The van der Waals surface area contributed by atoms with Gasteiger partial charge >= 0.3 is 6.09 Å². The lowest BCUT2D eigenvalue weighted by atomic mass is 9.55. The first-order valence-electron chi connectivity index (χ1n) is 9.15. The Labute approximate surface area is 152 Å². The van der Waals surface area contributed by atoms with E-state index in [-0.39, 0.29) is 16.9 Å².